The summed E-state index contributed by atoms with van der Waals surface area (Å²) in [6, 6.07) is 1.35. The van der Waals surface area contributed by atoms with Crippen molar-refractivity contribution in [1.29, 1.82) is 0 Å². The quantitative estimate of drug-likeness (QED) is 0.555. The van der Waals surface area contributed by atoms with Gasteiger partial charge >= 0.3 is 5.82 Å². The number of amides is 1. The second kappa shape index (κ2) is 7.59. The van der Waals surface area contributed by atoms with Gasteiger partial charge in [0.25, 0.3) is 5.91 Å². The second-order valence-corrected chi connectivity index (χ2v) is 4.44. The predicted molar refractivity (Wildman–Crippen MR) is 74.4 cm³/mol. The van der Waals surface area contributed by atoms with Crippen molar-refractivity contribution >= 4 is 11.7 Å². The molecule has 0 aliphatic rings. The lowest BCUT2D eigenvalue weighted by atomic mass is 10.4. The molecule has 0 radical (unpaired) electrons. The van der Waals surface area contributed by atoms with Crippen LogP contribution in [0.25, 0.3) is 0 Å². The van der Waals surface area contributed by atoms with E-state index in [-0.39, 0.29) is 18.3 Å². The zero-order valence-electron chi connectivity index (χ0n) is 12.1. The van der Waals surface area contributed by atoms with Crippen molar-refractivity contribution in [2.45, 2.75) is 27.3 Å². The summed E-state index contributed by atoms with van der Waals surface area (Å²) < 4.78 is 1.11. The van der Waals surface area contributed by atoms with Crippen LogP contribution < -0.4 is 5.32 Å². The van der Waals surface area contributed by atoms with Crippen molar-refractivity contribution in [2.24, 2.45) is 0 Å². The van der Waals surface area contributed by atoms with E-state index in [0.29, 0.717) is 12.2 Å². The van der Waals surface area contributed by atoms with Crippen LogP contribution in [-0.2, 0) is 11.3 Å². The molecule has 1 aromatic heterocycles. The summed E-state index contributed by atoms with van der Waals surface area (Å²) in [4.78, 5) is 24.2. The van der Waals surface area contributed by atoms with Crippen LogP contribution in [0.1, 0.15) is 19.5 Å². The highest BCUT2D eigenvalue weighted by molar-refractivity contribution is 5.75. The molecule has 0 bridgehead atoms. The fraction of sp³-hybridized carbons (Fsp3) is 0.667. The van der Waals surface area contributed by atoms with E-state index >= 15 is 0 Å². The summed E-state index contributed by atoms with van der Waals surface area (Å²) in [7, 11) is 0. The van der Waals surface area contributed by atoms with Gasteiger partial charge in [-0.25, -0.2) is 0 Å². The minimum atomic E-state index is -0.539. The third-order valence-electron chi connectivity index (χ3n) is 3.01. The third kappa shape index (κ3) is 4.61. The molecule has 0 aliphatic carbocycles. The Morgan fingerprint density at radius 2 is 2.15 bits per heavy atom. The van der Waals surface area contributed by atoms with Gasteiger partial charge in [0, 0.05) is 13.1 Å². The van der Waals surface area contributed by atoms with Gasteiger partial charge in [-0.05, 0) is 24.9 Å². The first-order valence-corrected chi connectivity index (χ1v) is 6.65. The van der Waals surface area contributed by atoms with Crippen LogP contribution >= 0.6 is 0 Å². The van der Waals surface area contributed by atoms with Gasteiger partial charge in [-0.15, -0.1) is 4.68 Å². The number of nitrogens with zero attached hydrogens (tertiary/aromatic N) is 4. The summed E-state index contributed by atoms with van der Waals surface area (Å²) >= 11 is 0. The molecule has 1 rings (SSSR count). The molecule has 0 saturated carbocycles. The second-order valence-electron chi connectivity index (χ2n) is 4.44. The smallest absolute Gasteiger partial charge is 0.345 e. The number of aryl methyl sites for hydroxylation is 1. The molecule has 1 aromatic rings. The molecule has 1 N–H and O–H groups in total. The van der Waals surface area contributed by atoms with Crippen LogP contribution in [0.5, 0.6) is 0 Å². The van der Waals surface area contributed by atoms with E-state index in [4.69, 9.17) is 0 Å². The number of hydrogen-bond donors (Lipinski definition) is 1. The Kier molecular flexibility index (Phi) is 6.10. The molecule has 0 fully saturated rings. The Balaban J connectivity index is 2.48. The number of nitro groups is 1. The highest BCUT2D eigenvalue weighted by Gasteiger charge is 2.19. The lowest BCUT2D eigenvalue weighted by molar-refractivity contribution is -0.392. The molecular weight excluding hydrogens is 262 g/mol. The summed E-state index contributed by atoms with van der Waals surface area (Å²) in [6.45, 7) is 8.77. The monoisotopic (exact) mass is 283 g/mol. The highest BCUT2D eigenvalue weighted by atomic mass is 16.6. The number of likely N-dealkylation sites (N-methyl/N-ethyl adjacent to an activating group) is 1. The Morgan fingerprint density at radius 1 is 1.50 bits per heavy atom. The summed E-state index contributed by atoms with van der Waals surface area (Å²) in [5.74, 6) is -0.440. The van der Waals surface area contributed by atoms with Crippen LogP contribution in [0.2, 0.25) is 0 Å². The van der Waals surface area contributed by atoms with Crippen molar-refractivity contribution in [1.82, 2.24) is 20.0 Å². The normalized spacial score (nSPS) is 10.8. The maximum Gasteiger partial charge on any atom is 0.345 e. The minimum Gasteiger partial charge on any atom is -0.358 e. The molecular formula is C12H21N5O3. The average molecular weight is 283 g/mol. The number of rotatable bonds is 8. The van der Waals surface area contributed by atoms with Crippen LogP contribution in [0.3, 0.4) is 0 Å². The molecule has 8 nitrogen and oxygen atoms in total. The fourth-order valence-corrected chi connectivity index (χ4v) is 1.88. The molecule has 112 valence electrons. The van der Waals surface area contributed by atoms with Gasteiger partial charge in [0.15, 0.2) is 6.54 Å². The van der Waals surface area contributed by atoms with Gasteiger partial charge in [0.1, 0.15) is 0 Å². The number of carbonyl (C=O) groups is 1. The van der Waals surface area contributed by atoms with Crippen LogP contribution in [0.15, 0.2) is 6.07 Å². The van der Waals surface area contributed by atoms with Crippen molar-refractivity contribution in [2.75, 3.05) is 26.2 Å². The maximum absolute atomic E-state index is 11.7. The summed E-state index contributed by atoms with van der Waals surface area (Å²) in [6.07, 6.45) is 0. The van der Waals surface area contributed by atoms with Gasteiger partial charge in [0.2, 0.25) is 0 Å². The SMILES string of the molecule is CCN(CC)CCNC(=O)Cn1nc(C)cc1[N+](=O)[O-]. The minimum absolute atomic E-state index is 0.137. The first-order valence-electron chi connectivity index (χ1n) is 6.65. The molecule has 0 saturated heterocycles. The number of carbonyl (C=O) groups excluding carboxylic acids is 1. The standard InChI is InChI=1S/C12H21N5O3/c1-4-15(5-2)7-6-13-11(18)9-16-12(17(19)20)8-10(3)14-16/h8H,4-7,9H2,1-3H3,(H,13,18). The van der Waals surface area contributed by atoms with E-state index in [1.807, 2.05) is 0 Å². The number of hydrogen-bond acceptors (Lipinski definition) is 5. The summed E-state index contributed by atoms with van der Waals surface area (Å²) in [5, 5.41) is 17.5. The highest BCUT2D eigenvalue weighted by Crippen LogP contribution is 2.12. The average Bonchev–Trinajstić information content (AvgIpc) is 2.75. The van der Waals surface area contributed by atoms with Gasteiger partial charge in [-0.1, -0.05) is 18.9 Å². The zero-order valence-corrected chi connectivity index (χ0v) is 12.1. The van der Waals surface area contributed by atoms with Crippen molar-refractivity contribution in [3.05, 3.63) is 21.9 Å². The maximum atomic E-state index is 11.7. The lowest BCUT2D eigenvalue weighted by Crippen LogP contribution is -2.36. The molecule has 1 heterocycles. The molecule has 0 spiro atoms. The lowest BCUT2D eigenvalue weighted by Gasteiger charge is -2.17. The van der Waals surface area contributed by atoms with E-state index in [0.717, 1.165) is 24.3 Å². The van der Waals surface area contributed by atoms with Crippen LogP contribution in [-0.4, -0.2) is 51.7 Å². The Bertz CT molecular complexity index is 468. The van der Waals surface area contributed by atoms with Gasteiger partial charge in [-0.3, -0.25) is 4.79 Å². The fourth-order valence-electron chi connectivity index (χ4n) is 1.88. The number of aromatic nitrogens is 2. The van der Waals surface area contributed by atoms with Crippen LogP contribution in [0, 0.1) is 17.0 Å². The van der Waals surface area contributed by atoms with Crippen LogP contribution in [0.4, 0.5) is 5.82 Å². The topological polar surface area (TPSA) is 93.3 Å². The molecule has 0 atom stereocenters. The van der Waals surface area contributed by atoms with Gasteiger partial charge in [0.05, 0.1) is 11.8 Å². The molecule has 8 heteroatoms. The van der Waals surface area contributed by atoms with E-state index in [1.54, 1.807) is 6.92 Å². The molecule has 1 amide bonds. The van der Waals surface area contributed by atoms with E-state index in [2.05, 4.69) is 29.2 Å². The van der Waals surface area contributed by atoms with Crippen molar-refractivity contribution in [3.63, 3.8) is 0 Å². The molecule has 20 heavy (non-hydrogen) atoms. The van der Waals surface area contributed by atoms with Crippen molar-refractivity contribution < 1.29 is 9.72 Å². The Morgan fingerprint density at radius 3 is 2.70 bits per heavy atom. The molecule has 0 aliphatic heterocycles. The van der Waals surface area contributed by atoms with E-state index in [9.17, 15) is 14.9 Å². The zero-order chi connectivity index (χ0) is 15.1. The Hall–Kier alpha value is -1.96. The van der Waals surface area contributed by atoms with E-state index < -0.39 is 4.92 Å². The van der Waals surface area contributed by atoms with E-state index in [1.165, 1.54) is 6.07 Å². The number of nitrogens with one attached hydrogen (secondary N) is 1. The molecule has 0 aromatic carbocycles. The third-order valence-corrected chi connectivity index (χ3v) is 3.01. The first-order chi connectivity index (χ1) is 9.47. The predicted octanol–water partition coefficient (Wildman–Crippen LogP) is 0.558. The Labute approximate surface area is 117 Å². The van der Waals surface area contributed by atoms with Gasteiger partial charge < -0.3 is 20.3 Å². The first kappa shape index (κ1) is 16.1. The van der Waals surface area contributed by atoms with Gasteiger partial charge in [-0.2, -0.15) is 0 Å². The van der Waals surface area contributed by atoms with Crippen molar-refractivity contribution in [3.8, 4) is 0 Å². The largest absolute Gasteiger partial charge is 0.358 e. The summed E-state index contributed by atoms with van der Waals surface area (Å²) in [5.41, 5.74) is 0.521. The molecule has 0 unspecified atom stereocenters.